The topological polar surface area (TPSA) is 59.1 Å². The van der Waals surface area contributed by atoms with Crippen LogP contribution in [0.25, 0.3) is 10.9 Å². The van der Waals surface area contributed by atoms with Gasteiger partial charge in [-0.25, -0.2) is 8.42 Å². The van der Waals surface area contributed by atoms with Gasteiger partial charge in [0.1, 0.15) is 0 Å². The molecule has 4 nitrogen and oxygen atoms in total. The van der Waals surface area contributed by atoms with Crippen molar-refractivity contribution in [1.29, 1.82) is 0 Å². The third-order valence-corrected chi connectivity index (χ3v) is 6.41. The van der Waals surface area contributed by atoms with Crippen molar-refractivity contribution in [2.75, 3.05) is 13.3 Å². The summed E-state index contributed by atoms with van der Waals surface area (Å²) in [5.41, 5.74) is 1.83. The van der Waals surface area contributed by atoms with Gasteiger partial charge in [-0.2, -0.15) is 0 Å². The molecule has 2 aromatic rings. The maximum Gasteiger partial charge on any atom is 0.154 e. The summed E-state index contributed by atoms with van der Waals surface area (Å²) in [6.07, 6.45) is 1.85. The van der Waals surface area contributed by atoms with Gasteiger partial charge in [-0.15, -0.1) is 0 Å². The number of fused-ring (bicyclic) bond motifs is 1. The lowest BCUT2D eigenvalue weighted by molar-refractivity contribution is 0.428. The first-order valence-corrected chi connectivity index (χ1v) is 8.86. The number of nitrogens with one attached hydrogen (secondary N) is 1. The van der Waals surface area contributed by atoms with Crippen molar-refractivity contribution in [2.24, 2.45) is 0 Å². The number of hydrogen-bond acceptors (Lipinski definition) is 4. The van der Waals surface area contributed by atoms with Crippen LogP contribution in [0.4, 0.5) is 0 Å². The number of aromatic nitrogens is 1. The van der Waals surface area contributed by atoms with Gasteiger partial charge in [0.25, 0.3) is 0 Å². The second-order valence-corrected chi connectivity index (χ2v) is 8.51. The third kappa shape index (κ3) is 3.24. The summed E-state index contributed by atoms with van der Waals surface area (Å²) in [5, 5.41) is 4.21. The Bertz CT molecular complexity index is 739. The van der Waals surface area contributed by atoms with Gasteiger partial charge in [-0.1, -0.05) is 24.3 Å². The summed E-state index contributed by atoms with van der Waals surface area (Å²) >= 11 is 0. The Hall–Kier alpha value is -1.46. The molecule has 1 unspecified atom stereocenters. The Balaban J connectivity index is 2.33. The average molecular weight is 306 g/mol. The molecule has 2 rings (SSSR count). The van der Waals surface area contributed by atoms with Crippen molar-refractivity contribution in [3.8, 4) is 0 Å². The minimum Gasteiger partial charge on any atom is -0.315 e. The molecule has 0 radical (unpaired) electrons. The predicted octanol–water partition coefficient (Wildman–Crippen LogP) is 2.19. The second kappa shape index (κ2) is 5.73. The summed E-state index contributed by atoms with van der Waals surface area (Å²) in [5.74, 6) is 0. The van der Waals surface area contributed by atoms with Crippen LogP contribution in [0, 0.1) is 0 Å². The van der Waals surface area contributed by atoms with Crippen molar-refractivity contribution >= 4 is 20.7 Å². The highest BCUT2D eigenvalue weighted by molar-refractivity contribution is 7.92. The highest BCUT2D eigenvalue weighted by Gasteiger charge is 2.38. The first-order chi connectivity index (χ1) is 9.75. The summed E-state index contributed by atoms with van der Waals surface area (Å²) in [4.78, 5) is 4.62. The van der Waals surface area contributed by atoms with Crippen LogP contribution < -0.4 is 5.32 Å². The molecule has 21 heavy (non-hydrogen) atoms. The van der Waals surface area contributed by atoms with Gasteiger partial charge < -0.3 is 5.32 Å². The normalized spacial score (nSPS) is 14.3. The molecule has 0 saturated carbocycles. The lowest BCUT2D eigenvalue weighted by Crippen LogP contribution is -2.51. The lowest BCUT2D eigenvalue weighted by atomic mass is 9.98. The molecule has 0 saturated heterocycles. The number of benzene rings is 1. The van der Waals surface area contributed by atoms with E-state index in [9.17, 15) is 8.42 Å². The van der Waals surface area contributed by atoms with Crippen molar-refractivity contribution in [1.82, 2.24) is 10.3 Å². The van der Waals surface area contributed by atoms with E-state index < -0.39 is 14.6 Å². The Morgan fingerprint density at radius 3 is 2.48 bits per heavy atom. The van der Waals surface area contributed by atoms with Gasteiger partial charge in [0.05, 0.1) is 10.3 Å². The Morgan fingerprint density at radius 1 is 1.19 bits per heavy atom. The van der Waals surface area contributed by atoms with Gasteiger partial charge in [0.15, 0.2) is 9.84 Å². The quantitative estimate of drug-likeness (QED) is 0.920. The first-order valence-electron chi connectivity index (χ1n) is 6.97. The maximum absolute atomic E-state index is 12.0. The summed E-state index contributed by atoms with van der Waals surface area (Å²) in [6, 6.07) is 11.7. The molecule has 0 fully saturated rings. The zero-order valence-corrected chi connectivity index (χ0v) is 13.7. The van der Waals surface area contributed by atoms with Crippen LogP contribution in [0.5, 0.6) is 0 Å². The fourth-order valence-electron chi connectivity index (χ4n) is 2.38. The van der Waals surface area contributed by atoms with Crippen LogP contribution in [-0.4, -0.2) is 37.5 Å². The fourth-order valence-corrected chi connectivity index (χ4v) is 3.10. The molecular weight excluding hydrogens is 284 g/mol. The largest absolute Gasteiger partial charge is 0.315 e. The van der Waals surface area contributed by atoms with Gasteiger partial charge >= 0.3 is 0 Å². The van der Waals surface area contributed by atoms with Gasteiger partial charge in [0, 0.05) is 29.8 Å². The minimum atomic E-state index is -3.17. The smallest absolute Gasteiger partial charge is 0.154 e. The molecule has 0 aliphatic heterocycles. The molecular formula is C16H22N2O2S. The zero-order chi connectivity index (χ0) is 15.7. The van der Waals surface area contributed by atoms with Crippen LogP contribution in [0.1, 0.15) is 19.5 Å². The third-order valence-electron chi connectivity index (χ3n) is 4.21. The minimum absolute atomic E-state index is 0.193. The van der Waals surface area contributed by atoms with Gasteiger partial charge in [-0.05, 0) is 33.0 Å². The van der Waals surface area contributed by atoms with E-state index in [1.807, 2.05) is 36.4 Å². The Labute approximate surface area is 126 Å². The van der Waals surface area contributed by atoms with Crippen LogP contribution in [0.2, 0.25) is 0 Å². The number of sulfone groups is 1. The molecule has 1 aromatic heterocycles. The number of likely N-dealkylation sites (N-methyl/N-ethyl adjacent to an activating group) is 1. The molecule has 1 heterocycles. The van der Waals surface area contributed by atoms with E-state index in [4.69, 9.17) is 0 Å². The van der Waals surface area contributed by atoms with E-state index in [-0.39, 0.29) is 6.04 Å². The predicted molar refractivity (Wildman–Crippen MR) is 87.2 cm³/mol. The molecule has 0 bridgehead atoms. The standard InChI is InChI=1S/C16H22N2O2S/c1-16(2,21(4,19)20)15(17-3)11-13-10-9-12-7-5-6-8-14(12)18-13/h5-10,15,17H,11H2,1-4H3. The molecule has 1 N–H and O–H groups in total. The van der Waals surface area contributed by atoms with E-state index in [1.54, 1.807) is 20.9 Å². The monoisotopic (exact) mass is 306 g/mol. The second-order valence-electron chi connectivity index (χ2n) is 5.92. The Morgan fingerprint density at radius 2 is 1.86 bits per heavy atom. The zero-order valence-electron chi connectivity index (χ0n) is 12.9. The molecule has 0 aliphatic rings. The van der Waals surface area contributed by atoms with E-state index >= 15 is 0 Å². The molecule has 0 aliphatic carbocycles. The number of para-hydroxylation sites is 1. The summed E-state index contributed by atoms with van der Waals surface area (Å²) in [6.45, 7) is 3.51. The fraction of sp³-hybridized carbons (Fsp3) is 0.438. The molecule has 1 atom stereocenters. The number of nitrogens with zero attached hydrogens (tertiary/aromatic N) is 1. The van der Waals surface area contributed by atoms with Crippen LogP contribution in [-0.2, 0) is 16.3 Å². The first kappa shape index (κ1) is 15.9. The summed E-state index contributed by atoms with van der Waals surface area (Å²) in [7, 11) is -1.38. The van der Waals surface area contributed by atoms with E-state index in [2.05, 4.69) is 10.3 Å². The van der Waals surface area contributed by atoms with Crippen molar-refractivity contribution < 1.29 is 8.42 Å². The number of pyridine rings is 1. The molecule has 1 aromatic carbocycles. The van der Waals surface area contributed by atoms with Gasteiger partial charge in [0.2, 0.25) is 0 Å². The van der Waals surface area contributed by atoms with E-state index in [1.165, 1.54) is 6.26 Å². The average Bonchev–Trinajstić information content (AvgIpc) is 2.43. The van der Waals surface area contributed by atoms with Crippen molar-refractivity contribution in [3.05, 3.63) is 42.1 Å². The highest BCUT2D eigenvalue weighted by atomic mass is 32.2. The highest BCUT2D eigenvalue weighted by Crippen LogP contribution is 2.23. The maximum atomic E-state index is 12.0. The molecule has 0 spiro atoms. The Kier molecular flexibility index (Phi) is 4.35. The number of hydrogen-bond donors (Lipinski definition) is 1. The molecule has 0 amide bonds. The van der Waals surface area contributed by atoms with Crippen molar-refractivity contribution in [2.45, 2.75) is 31.1 Å². The van der Waals surface area contributed by atoms with E-state index in [0.717, 1.165) is 16.6 Å². The summed E-state index contributed by atoms with van der Waals surface area (Å²) < 4.78 is 23.1. The van der Waals surface area contributed by atoms with E-state index in [0.29, 0.717) is 6.42 Å². The van der Waals surface area contributed by atoms with Crippen molar-refractivity contribution in [3.63, 3.8) is 0 Å². The van der Waals surface area contributed by atoms with Crippen LogP contribution in [0.15, 0.2) is 36.4 Å². The molecule has 114 valence electrons. The van der Waals surface area contributed by atoms with Gasteiger partial charge in [-0.3, -0.25) is 4.98 Å². The molecule has 5 heteroatoms. The number of rotatable bonds is 5. The van der Waals surface area contributed by atoms with Crippen LogP contribution >= 0.6 is 0 Å². The lowest BCUT2D eigenvalue weighted by Gasteiger charge is -2.32. The van der Waals surface area contributed by atoms with Crippen LogP contribution in [0.3, 0.4) is 0 Å². The SMILES string of the molecule is CNC(Cc1ccc2ccccc2n1)C(C)(C)S(C)(=O)=O.